The largest absolute Gasteiger partial charge is 0.480 e. The number of carboxylic acid groups (broad SMARTS) is 1. The highest BCUT2D eigenvalue weighted by atomic mass is 19.1. The molecule has 0 amide bonds. The van der Waals surface area contributed by atoms with Crippen molar-refractivity contribution in [2.24, 2.45) is 5.41 Å². The fourth-order valence-corrected chi connectivity index (χ4v) is 1.65. The minimum Gasteiger partial charge on any atom is -0.480 e. The summed E-state index contributed by atoms with van der Waals surface area (Å²) in [5.41, 5.74) is -1.80. The van der Waals surface area contributed by atoms with Crippen LogP contribution in [-0.4, -0.2) is 23.7 Å². The molecule has 1 rings (SSSR count). The third kappa shape index (κ3) is 3.49. The van der Waals surface area contributed by atoms with Crippen molar-refractivity contribution in [2.45, 2.75) is 20.3 Å². The zero-order valence-electron chi connectivity index (χ0n) is 10.6. The number of carbonyl (C=O) groups excluding carboxylic acids is 1. The number of halogens is 2. The van der Waals surface area contributed by atoms with Gasteiger partial charge in [0, 0.05) is 6.07 Å². The maximum Gasteiger partial charge on any atom is 0.323 e. The Morgan fingerprint density at radius 1 is 1.26 bits per heavy atom. The maximum absolute atomic E-state index is 13.0. The second-order valence-corrected chi connectivity index (χ2v) is 4.31. The van der Waals surface area contributed by atoms with E-state index in [2.05, 4.69) is 0 Å². The molecular formula is C13H14F2O4. The van der Waals surface area contributed by atoms with Crippen LogP contribution in [0.1, 0.15) is 19.4 Å². The lowest BCUT2D eigenvalue weighted by atomic mass is 9.83. The molecule has 0 aliphatic heterocycles. The Morgan fingerprint density at radius 2 is 1.79 bits per heavy atom. The first-order chi connectivity index (χ1) is 8.79. The number of hydrogen-bond acceptors (Lipinski definition) is 3. The lowest BCUT2D eigenvalue weighted by Gasteiger charge is -2.22. The summed E-state index contributed by atoms with van der Waals surface area (Å²) in [5.74, 6) is -4.00. The zero-order chi connectivity index (χ0) is 14.6. The van der Waals surface area contributed by atoms with Crippen LogP contribution in [0.2, 0.25) is 0 Å². The van der Waals surface area contributed by atoms with Gasteiger partial charge in [-0.15, -0.1) is 0 Å². The average Bonchev–Trinajstić information content (AvgIpc) is 2.27. The van der Waals surface area contributed by atoms with E-state index in [-0.39, 0.29) is 18.6 Å². The smallest absolute Gasteiger partial charge is 0.323 e. The first-order valence-corrected chi connectivity index (χ1v) is 5.65. The van der Waals surface area contributed by atoms with Crippen LogP contribution in [0, 0.1) is 17.0 Å². The summed E-state index contributed by atoms with van der Waals surface area (Å²) in [6, 6.07) is 2.65. The SMILES string of the molecule is CCOC(=O)C(C)(Cc1cc(F)cc(F)c1)C(=O)O. The predicted octanol–water partition coefficient (Wildman–Crippen LogP) is 2.16. The standard InChI is InChI=1S/C13H14F2O4/c1-3-19-12(18)13(2,11(16)17)7-8-4-9(14)6-10(15)5-8/h4-6H,3,7H2,1-2H3,(H,16,17). The lowest BCUT2D eigenvalue weighted by Crippen LogP contribution is -2.40. The van der Waals surface area contributed by atoms with E-state index in [4.69, 9.17) is 9.84 Å². The van der Waals surface area contributed by atoms with Gasteiger partial charge in [0.1, 0.15) is 11.6 Å². The van der Waals surface area contributed by atoms with E-state index >= 15 is 0 Å². The van der Waals surface area contributed by atoms with Crippen LogP contribution in [-0.2, 0) is 20.7 Å². The van der Waals surface area contributed by atoms with Crippen molar-refractivity contribution in [1.82, 2.24) is 0 Å². The number of esters is 1. The van der Waals surface area contributed by atoms with Gasteiger partial charge in [-0.2, -0.15) is 0 Å². The van der Waals surface area contributed by atoms with Gasteiger partial charge in [-0.25, -0.2) is 8.78 Å². The highest BCUT2D eigenvalue weighted by molar-refractivity contribution is 5.99. The summed E-state index contributed by atoms with van der Waals surface area (Å²) in [6.45, 7) is 2.73. The molecule has 0 aliphatic rings. The number of carboxylic acids is 1. The van der Waals surface area contributed by atoms with Crippen molar-refractivity contribution in [3.8, 4) is 0 Å². The first kappa shape index (κ1) is 15.1. The number of hydrogen-bond donors (Lipinski definition) is 1. The molecule has 0 aliphatic carbocycles. The fourth-order valence-electron chi connectivity index (χ4n) is 1.65. The third-order valence-electron chi connectivity index (χ3n) is 2.68. The minimum atomic E-state index is -1.88. The first-order valence-electron chi connectivity index (χ1n) is 5.65. The highest BCUT2D eigenvalue weighted by Gasteiger charge is 2.43. The Balaban J connectivity index is 3.08. The lowest BCUT2D eigenvalue weighted by molar-refractivity contribution is -0.167. The van der Waals surface area contributed by atoms with Crippen molar-refractivity contribution in [3.63, 3.8) is 0 Å². The molecule has 0 spiro atoms. The van der Waals surface area contributed by atoms with Crippen molar-refractivity contribution >= 4 is 11.9 Å². The number of ether oxygens (including phenoxy) is 1. The van der Waals surface area contributed by atoms with Crippen molar-refractivity contribution in [1.29, 1.82) is 0 Å². The van der Waals surface area contributed by atoms with E-state index < -0.39 is 29.0 Å². The highest BCUT2D eigenvalue weighted by Crippen LogP contribution is 2.26. The van der Waals surface area contributed by atoms with Gasteiger partial charge in [0.05, 0.1) is 6.61 Å². The van der Waals surface area contributed by atoms with Gasteiger partial charge >= 0.3 is 11.9 Å². The molecule has 104 valence electrons. The average molecular weight is 272 g/mol. The van der Waals surface area contributed by atoms with Gasteiger partial charge in [-0.05, 0) is 38.0 Å². The van der Waals surface area contributed by atoms with Crippen LogP contribution in [0.5, 0.6) is 0 Å². The number of benzene rings is 1. The molecule has 0 bridgehead atoms. The van der Waals surface area contributed by atoms with E-state index in [0.29, 0.717) is 6.07 Å². The molecule has 0 heterocycles. The second kappa shape index (κ2) is 5.77. The molecule has 0 saturated heterocycles. The second-order valence-electron chi connectivity index (χ2n) is 4.31. The summed E-state index contributed by atoms with van der Waals surface area (Å²) >= 11 is 0. The maximum atomic E-state index is 13.0. The summed E-state index contributed by atoms with van der Waals surface area (Å²) in [4.78, 5) is 22.9. The number of aliphatic carboxylic acids is 1. The Morgan fingerprint density at radius 3 is 2.21 bits per heavy atom. The molecule has 4 nitrogen and oxygen atoms in total. The molecule has 0 radical (unpaired) electrons. The summed E-state index contributed by atoms with van der Waals surface area (Å²) < 4.78 is 30.8. The Labute approximate surface area is 109 Å². The monoisotopic (exact) mass is 272 g/mol. The van der Waals surface area contributed by atoms with Crippen LogP contribution < -0.4 is 0 Å². The van der Waals surface area contributed by atoms with Gasteiger partial charge < -0.3 is 9.84 Å². The zero-order valence-corrected chi connectivity index (χ0v) is 10.6. The van der Waals surface area contributed by atoms with E-state index in [0.717, 1.165) is 19.1 Å². The van der Waals surface area contributed by atoms with Gasteiger partial charge in [-0.1, -0.05) is 0 Å². The van der Waals surface area contributed by atoms with Crippen LogP contribution in [0.15, 0.2) is 18.2 Å². The molecule has 0 aromatic heterocycles. The van der Waals surface area contributed by atoms with Gasteiger partial charge in [-0.3, -0.25) is 9.59 Å². The molecule has 6 heteroatoms. The van der Waals surface area contributed by atoms with Crippen molar-refractivity contribution < 1.29 is 28.2 Å². The Kier molecular flexibility index (Phi) is 4.58. The molecule has 0 saturated carbocycles. The molecule has 1 aromatic carbocycles. The number of carbonyl (C=O) groups is 2. The molecule has 1 atom stereocenters. The molecular weight excluding hydrogens is 258 g/mol. The third-order valence-corrected chi connectivity index (χ3v) is 2.68. The summed E-state index contributed by atoms with van der Waals surface area (Å²) in [6.07, 6.45) is -0.351. The van der Waals surface area contributed by atoms with E-state index in [9.17, 15) is 18.4 Å². The molecule has 1 aromatic rings. The topological polar surface area (TPSA) is 63.6 Å². The van der Waals surface area contributed by atoms with Crippen LogP contribution >= 0.6 is 0 Å². The van der Waals surface area contributed by atoms with Gasteiger partial charge in [0.25, 0.3) is 0 Å². The predicted molar refractivity (Wildman–Crippen MR) is 62.4 cm³/mol. The Bertz CT molecular complexity index is 481. The normalized spacial score (nSPS) is 13.7. The van der Waals surface area contributed by atoms with Crippen LogP contribution in [0.3, 0.4) is 0 Å². The summed E-state index contributed by atoms with van der Waals surface area (Å²) in [7, 11) is 0. The van der Waals surface area contributed by atoms with E-state index in [1.165, 1.54) is 0 Å². The quantitative estimate of drug-likeness (QED) is 0.659. The van der Waals surface area contributed by atoms with E-state index in [1.807, 2.05) is 0 Å². The molecule has 1 N–H and O–H groups in total. The Hall–Kier alpha value is -1.98. The fraction of sp³-hybridized carbons (Fsp3) is 0.385. The number of rotatable bonds is 5. The molecule has 1 unspecified atom stereocenters. The van der Waals surface area contributed by atoms with E-state index in [1.54, 1.807) is 6.92 Å². The van der Waals surface area contributed by atoms with Gasteiger partial charge in [0.2, 0.25) is 0 Å². The van der Waals surface area contributed by atoms with Crippen molar-refractivity contribution in [3.05, 3.63) is 35.4 Å². The van der Waals surface area contributed by atoms with Crippen LogP contribution in [0.25, 0.3) is 0 Å². The van der Waals surface area contributed by atoms with Gasteiger partial charge in [0.15, 0.2) is 5.41 Å². The molecule has 0 fully saturated rings. The van der Waals surface area contributed by atoms with Crippen LogP contribution in [0.4, 0.5) is 8.78 Å². The minimum absolute atomic E-state index is 0.0270. The van der Waals surface area contributed by atoms with Crippen molar-refractivity contribution in [2.75, 3.05) is 6.61 Å². The summed E-state index contributed by atoms with van der Waals surface area (Å²) in [5, 5.41) is 9.14. The molecule has 19 heavy (non-hydrogen) atoms.